The molecule has 1 aliphatic rings. The van der Waals surface area contributed by atoms with E-state index in [0.717, 1.165) is 17.5 Å². The molecule has 2 unspecified atom stereocenters. The highest BCUT2D eigenvalue weighted by Gasteiger charge is 2.20. The van der Waals surface area contributed by atoms with Gasteiger partial charge in [-0.2, -0.15) is 0 Å². The van der Waals surface area contributed by atoms with Crippen molar-refractivity contribution in [3.63, 3.8) is 0 Å². The van der Waals surface area contributed by atoms with Gasteiger partial charge in [-0.05, 0) is 26.9 Å². The number of aliphatic imine (C=N–C) groups is 1. The number of nitrogens with one attached hydrogen (secondary N) is 1. The normalized spacial score (nSPS) is 23.4. The van der Waals surface area contributed by atoms with Crippen LogP contribution in [0, 0.1) is 5.92 Å². The second-order valence-corrected chi connectivity index (χ2v) is 5.86. The Morgan fingerprint density at radius 3 is 2.60 bits per heavy atom. The van der Waals surface area contributed by atoms with E-state index in [1.807, 2.05) is 11.8 Å². The minimum absolute atomic E-state index is 0.477. The topological polar surface area (TPSA) is 27.6 Å². The Balaban J connectivity index is 2.47. The molecule has 0 aromatic carbocycles. The molecule has 0 aromatic heterocycles. The lowest BCUT2D eigenvalue weighted by Gasteiger charge is -2.26. The first-order chi connectivity index (χ1) is 6.99. The van der Waals surface area contributed by atoms with Gasteiger partial charge in [0.05, 0.1) is 6.04 Å². The number of rotatable bonds is 4. The van der Waals surface area contributed by atoms with E-state index >= 15 is 0 Å². The van der Waals surface area contributed by atoms with E-state index in [1.165, 1.54) is 0 Å². The lowest BCUT2D eigenvalue weighted by molar-refractivity contribution is 0.314. The Hall–Kier alpha value is -0.220. The van der Waals surface area contributed by atoms with Crippen LogP contribution >= 0.6 is 11.8 Å². The van der Waals surface area contributed by atoms with Crippen LogP contribution in [-0.4, -0.2) is 48.5 Å². The standard InChI is InChI=1S/C11H23N3S/c1-8(2)10(6-14(4)5)13-11-12-9(3)7-15-11/h8-10H,6-7H2,1-5H3,(H,12,13). The molecule has 4 heteroatoms. The molecule has 1 N–H and O–H groups in total. The van der Waals surface area contributed by atoms with Gasteiger partial charge >= 0.3 is 0 Å². The molecule has 0 spiro atoms. The van der Waals surface area contributed by atoms with Gasteiger partial charge in [-0.1, -0.05) is 25.6 Å². The summed E-state index contributed by atoms with van der Waals surface area (Å²) in [7, 11) is 4.23. The van der Waals surface area contributed by atoms with E-state index in [4.69, 9.17) is 0 Å². The van der Waals surface area contributed by atoms with Crippen molar-refractivity contribution in [3.05, 3.63) is 0 Å². The molecule has 0 bridgehead atoms. The molecular weight excluding hydrogens is 206 g/mol. The monoisotopic (exact) mass is 229 g/mol. The Bertz CT molecular complexity index is 226. The quantitative estimate of drug-likeness (QED) is 0.794. The maximum atomic E-state index is 4.57. The average Bonchev–Trinajstić information content (AvgIpc) is 2.49. The highest BCUT2D eigenvalue weighted by atomic mass is 32.2. The van der Waals surface area contributed by atoms with E-state index in [2.05, 4.69) is 50.1 Å². The molecule has 0 amide bonds. The average molecular weight is 229 g/mol. The van der Waals surface area contributed by atoms with Crippen LogP contribution in [0.4, 0.5) is 0 Å². The summed E-state index contributed by atoms with van der Waals surface area (Å²) < 4.78 is 0. The highest BCUT2D eigenvalue weighted by Crippen LogP contribution is 2.17. The third-order valence-electron chi connectivity index (χ3n) is 2.47. The number of hydrogen-bond donors (Lipinski definition) is 1. The van der Waals surface area contributed by atoms with Crippen molar-refractivity contribution in [1.29, 1.82) is 0 Å². The molecule has 0 saturated heterocycles. The van der Waals surface area contributed by atoms with Crippen molar-refractivity contribution in [1.82, 2.24) is 10.2 Å². The number of likely N-dealkylation sites (N-methyl/N-ethyl adjacent to an activating group) is 1. The van der Waals surface area contributed by atoms with Crippen LogP contribution in [0.1, 0.15) is 20.8 Å². The highest BCUT2D eigenvalue weighted by molar-refractivity contribution is 8.14. The molecule has 0 saturated carbocycles. The van der Waals surface area contributed by atoms with Gasteiger partial charge < -0.3 is 10.2 Å². The Morgan fingerprint density at radius 2 is 2.20 bits per heavy atom. The van der Waals surface area contributed by atoms with Crippen LogP contribution in [-0.2, 0) is 0 Å². The van der Waals surface area contributed by atoms with Gasteiger partial charge in [0, 0.05) is 18.3 Å². The largest absolute Gasteiger partial charge is 0.361 e. The minimum Gasteiger partial charge on any atom is -0.361 e. The zero-order valence-corrected chi connectivity index (χ0v) is 11.3. The lowest BCUT2D eigenvalue weighted by atomic mass is 10.0. The van der Waals surface area contributed by atoms with Gasteiger partial charge in [-0.15, -0.1) is 0 Å². The van der Waals surface area contributed by atoms with Crippen LogP contribution < -0.4 is 5.32 Å². The van der Waals surface area contributed by atoms with Gasteiger partial charge in [0.15, 0.2) is 5.17 Å². The van der Waals surface area contributed by atoms with Gasteiger partial charge in [0.1, 0.15) is 0 Å². The van der Waals surface area contributed by atoms with Crippen LogP contribution in [0.15, 0.2) is 4.99 Å². The molecule has 1 heterocycles. The van der Waals surface area contributed by atoms with Crippen molar-refractivity contribution in [3.8, 4) is 0 Å². The lowest BCUT2D eigenvalue weighted by Crippen LogP contribution is -2.43. The SMILES string of the molecule is CC1CSC(NC(CN(C)C)C(C)C)=N1. The first-order valence-corrected chi connectivity index (χ1v) is 6.59. The summed E-state index contributed by atoms with van der Waals surface area (Å²) in [6, 6.07) is 0.973. The van der Waals surface area contributed by atoms with E-state index in [1.54, 1.807) is 0 Å². The second kappa shape index (κ2) is 5.75. The van der Waals surface area contributed by atoms with E-state index in [-0.39, 0.29) is 0 Å². The number of amidine groups is 1. The van der Waals surface area contributed by atoms with Crippen LogP contribution in [0.25, 0.3) is 0 Å². The van der Waals surface area contributed by atoms with E-state index in [9.17, 15) is 0 Å². The molecule has 2 atom stereocenters. The molecule has 3 nitrogen and oxygen atoms in total. The first kappa shape index (κ1) is 12.8. The van der Waals surface area contributed by atoms with Gasteiger partial charge in [0.25, 0.3) is 0 Å². The molecule has 0 radical (unpaired) electrons. The predicted octanol–water partition coefficient (Wildman–Crippen LogP) is 1.65. The maximum Gasteiger partial charge on any atom is 0.157 e. The second-order valence-electron chi connectivity index (χ2n) is 4.85. The van der Waals surface area contributed by atoms with Crippen molar-refractivity contribution in [2.75, 3.05) is 26.4 Å². The van der Waals surface area contributed by atoms with Crippen molar-refractivity contribution >= 4 is 16.9 Å². The van der Waals surface area contributed by atoms with Crippen molar-refractivity contribution in [2.45, 2.75) is 32.9 Å². The molecule has 0 fully saturated rings. The Morgan fingerprint density at radius 1 is 1.53 bits per heavy atom. The first-order valence-electron chi connectivity index (χ1n) is 5.61. The van der Waals surface area contributed by atoms with Gasteiger partial charge in [-0.25, -0.2) is 0 Å². The molecule has 88 valence electrons. The molecular formula is C11H23N3S. The predicted molar refractivity (Wildman–Crippen MR) is 69.7 cm³/mol. The Labute approximate surface area is 97.7 Å². The van der Waals surface area contributed by atoms with Gasteiger partial charge in [0.2, 0.25) is 0 Å². The third-order valence-corrected chi connectivity index (χ3v) is 3.62. The fraction of sp³-hybridized carbons (Fsp3) is 0.909. The third kappa shape index (κ3) is 4.43. The molecule has 0 aromatic rings. The van der Waals surface area contributed by atoms with Crippen molar-refractivity contribution in [2.24, 2.45) is 10.9 Å². The molecule has 1 aliphatic heterocycles. The van der Waals surface area contributed by atoms with Crippen molar-refractivity contribution < 1.29 is 0 Å². The molecule has 0 aliphatic carbocycles. The van der Waals surface area contributed by atoms with Crippen LogP contribution in [0.2, 0.25) is 0 Å². The van der Waals surface area contributed by atoms with E-state index < -0.39 is 0 Å². The summed E-state index contributed by atoms with van der Waals surface area (Å²) >= 11 is 1.84. The number of thioether (sulfide) groups is 1. The summed E-state index contributed by atoms with van der Waals surface area (Å²) in [5.74, 6) is 1.75. The summed E-state index contributed by atoms with van der Waals surface area (Å²) in [4.78, 5) is 6.79. The summed E-state index contributed by atoms with van der Waals surface area (Å²) in [5, 5.41) is 4.68. The minimum atomic E-state index is 0.477. The smallest absolute Gasteiger partial charge is 0.157 e. The number of nitrogens with zero attached hydrogens (tertiary/aromatic N) is 2. The summed E-state index contributed by atoms with van der Waals surface area (Å²) in [5.41, 5.74) is 0. The maximum absolute atomic E-state index is 4.57. The van der Waals surface area contributed by atoms with E-state index in [0.29, 0.717) is 18.0 Å². The molecule has 15 heavy (non-hydrogen) atoms. The molecule has 1 rings (SSSR count). The van der Waals surface area contributed by atoms with Crippen LogP contribution in [0.3, 0.4) is 0 Å². The fourth-order valence-corrected chi connectivity index (χ4v) is 2.49. The number of hydrogen-bond acceptors (Lipinski definition) is 4. The zero-order chi connectivity index (χ0) is 11.4. The van der Waals surface area contributed by atoms with Crippen LogP contribution in [0.5, 0.6) is 0 Å². The summed E-state index contributed by atoms with van der Waals surface area (Å²) in [6.45, 7) is 7.74. The van der Waals surface area contributed by atoms with Gasteiger partial charge in [-0.3, -0.25) is 4.99 Å². The zero-order valence-electron chi connectivity index (χ0n) is 10.4. The summed E-state index contributed by atoms with van der Waals surface area (Å²) in [6.07, 6.45) is 0. The fourth-order valence-electron chi connectivity index (χ4n) is 1.53. The Kier molecular flexibility index (Phi) is 4.93.